The topological polar surface area (TPSA) is 38.8 Å². The van der Waals surface area contributed by atoms with Crippen LogP contribution in [0.3, 0.4) is 0 Å². The summed E-state index contributed by atoms with van der Waals surface area (Å²) in [7, 11) is 1.47. The van der Waals surface area contributed by atoms with Crippen LogP contribution < -0.4 is 0 Å². The third-order valence-corrected chi connectivity index (χ3v) is 3.20. The summed E-state index contributed by atoms with van der Waals surface area (Å²) in [5.74, 6) is 0.0757. The molecule has 0 spiro atoms. The summed E-state index contributed by atoms with van der Waals surface area (Å²) in [6.07, 6.45) is 1.87. The van der Waals surface area contributed by atoms with Crippen molar-refractivity contribution in [3.63, 3.8) is 0 Å². The fourth-order valence-corrected chi connectivity index (χ4v) is 2.10. The molecule has 0 aliphatic carbocycles. The third-order valence-electron chi connectivity index (χ3n) is 3.20. The molecule has 0 bridgehead atoms. The van der Waals surface area contributed by atoms with E-state index in [-0.39, 0.29) is 11.9 Å². The average Bonchev–Trinajstić information content (AvgIpc) is 2.15. The lowest BCUT2D eigenvalue weighted by molar-refractivity contribution is -0.148. The van der Waals surface area contributed by atoms with E-state index in [0.29, 0.717) is 6.04 Å². The van der Waals surface area contributed by atoms with Crippen LogP contribution in [0.25, 0.3) is 0 Å². The lowest BCUT2D eigenvalue weighted by atomic mass is 9.95. The van der Waals surface area contributed by atoms with Gasteiger partial charge in [-0.05, 0) is 25.9 Å². The normalized spacial score (nSPS) is 25.8. The second-order valence-electron chi connectivity index (χ2n) is 4.02. The summed E-state index contributed by atoms with van der Waals surface area (Å²) in [4.78, 5) is 13.7. The summed E-state index contributed by atoms with van der Waals surface area (Å²) >= 11 is 0. The summed E-state index contributed by atoms with van der Waals surface area (Å²) in [5.41, 5.74) is 0. The van der Waals surface area contributed by atoms with E-state index in [1.165, 1.54) is 7.11 Å². The maximum Gasteiger partial charge on any atom is 0.308 e. The Hall–Kier alpha value is -0.610. The maximum atomic E-state index is 11.3. The van der Waals surface area contributed by atoms with Gasteiger partial charge in [-0.2, -0.15) is 0 Å². The molecule has 0 aromatic heterocycles. The van der Waals surface area contributed by atoms with E-state index in [2.05, 4.69) is 4.90 Å². The van der Waals surface area contributed by atoms with Gasteiger partial charge in [0.25, 0.3) is 0 Å². The molecule has 2 rings (SSSR count). The predicted molar refractivity (Wildman–Crippen MR) is 50.9 cm³/mol. The van der Waals surface area contributed by atoms with Crippen LogP contribution in [0.15, 0.2) is 0 Å². The van der Waals surface area contributed by atoms with Gasteiger partial charge in [0.15, 0.2) is 0 Å². The molecule has 0 atom stereocenters. The Morgan fingerprint density at radius 2 is 2.00 bits per heavy atom. The van der Waals surface area contributed by atoms with Crippen LogP contribution in [0.1, 0.15) is 12.8 Å². The Labute approximate surface area is 84.2 Å². The zero-order valence-electron chi connectivity index (χ0n) is 8.57. The van der Waals surface area contributed by atoms with Gasteiger partial charge < -0.3 is 9.47 Å². The molecular weight excluding hydrogens is 182 g/mol. The van der Waals surface area contributed by atoms with Crippen molar-refractivity contribution in [1.29, 1.82) is 0 Å². The van der Waals surface area contributed by atoms with Gasteiger partial charge in [-0.15, -0.1) is 0 Å². The minimum atomic E-state index is -0.0468. The van der Waals surface area contributed by atoms with Crippen LogP contribution in [-0.4, -0.2) is 50.3 Å². The highest BCUT2D eigenvalue weighted by molar-refractivity contribution is 5.72. The summed E-state index contributed by atoms with van der Waals surface area (Å²) in [5, 5.41) is 0. The fourth-order valence-electron chi connectivity index (χ4n) is 2.10. The number of hydrogen-bond acceptors (Lipinski definition) is 4. The Kier molecular flexibility index (Phi) is 3.03. The third kappa shape index (κ3) is 1.91. The predicted octanol–water partition coefficient (Wildman–Crippen LogP) is 0.270. The van der Waals surface area contributed by atoms with E-state index < -0.39 is 0 Å². The minimum Gasteiger partial charge on any atom is -0.469 e. The Morgan fingerprint density at radius 1 is 1.36 bits per heavy atom. The molecule has 2 fully saturated rings. The number of hydrogen-bond donors (Lipinski definition) is 0. The highest BCUT2D eigenvalue weighted by Gasteiger charge is 2.32. The largest absolute Gasteiger partial charge is 0.469 e. The Morgan fingerprint density at radius 3 is 2.43 bits per heavy atom. The Bertz CT molecular complexity index is 207. The monoisotopic (exact) mass is 199 g/mol. The first kappa shape index (κ1) is 9.93. The van der Waals surface area contributed by atoms with Crippen molar-refractivity contribution in [1.82, 2.24) is 4.90 Å². The molecule has 0 N–H and O–H groups in total. The number of methoxy groups -OCH3 is 1. The van der Waals surface area contributed by atoms with Crippen LogP contribution in [0.4, 0.5) is 0 Å². The van der Waals surface area contributed by atoms with Crippen molar-refractivity contribution in [2.75, 3.05) is 33.4 Å². The summed E-state index contributed by atoms with van der Waals surface area (Å²) in [6, 6.07) is 0.605. The van der Waals surface area contributed by atoms with Crippen molar-refractivity contribution in [2.45, 2.75) is 18.9 Å². The van der Waals surface area contributed by atoms with Crippen molar-refractivity contribution < 1.29 is 14.3 Å². The molecule has 2 aliphatic rings. The van der Waals surface area contributed by atoms with Crippen molar-refractivity contribution in [2.24, 2.45) is 5.92 Å². The van der Waals surface area contributed by atoms with Crippen LogP contribution in [0.5, 0.6) is 0 Å². The number of carbonyl (C=O) groups is 1. The smallest absolute Gasteiger partial charge is 0.308 e. The highest BCUT2D eigenvalue weighted by Crippen LogP contribution is 2.22. The van der Waals surface area contributed by atoms with E-state index >= 15 is 0 Å². The fraction of sp³-hybridized carbons (Fsp3) is 0.900. The van der Waals surface area contributed by atoms with Crippen molar-refractivity contribution >= 4 is 5.97 Å². The number of carbonyl (C=O) groups excluding carboxylic acids is 1. The lowest BCUT2D eigenvalue weighted by Gasteiger charge is -2.40. The highest BCUT2D eigenvalue weighted by atomic mass is 16.5. The van der Waals surface area contributed by atoms with Crippen molar-refractivity contribution in [3.8, 4) is 0 Å². The molecule has 0 radical (unpaired) electrons. The first-order valence-electron chi connectivity index (χ1n) is 5.21. The van der Waals surface area contributed by atoms with E-state index in [4.69, 9.17) is 9.47 Å². The average molecular weight is 199 g/mol. The number of rotatable bonds is 2. The molecule has 0 saturated carbocycles. The van der Waals surface area contributed by atoms with Gasteiger partial charge in [0.1, 0.15) is 0 Å². The quantitative estimate of drug-likeness (QED) is 0.598. The van der Waals surface area contributed by atoms with Gasteiger partial charge >= 0.3 is 5.97 Å². The zero-order chi connectivity index (χ0) is 9.97. The van der Waals surface area contributed by atoms with E-state index in [1.54, 1.807) is 0 Å². The number of piperidine rings is 1. The molecule has 0 unspecified atom stereocenters. The summed E-state index contributed by atoms with van der Waals surface area (Å²) in [6.45, 7) is 3.74. The first-order valence-corrected chi connectivity index (χ1v) is 5.21. The lowest BCUT2D eigenvalue weighted by Crippen LogP contribution is -2.52. The van der Waals surface area contributed by atoms with Crippen LogP contribution >= 0.6 is 0 Å². The molecule has 0 aromatic rings. The van der Waals surface area contributed by atoms with Gasteiger partial charge in [0, 0.05) is 0 Å². The molecular formula is C10H17NO3. The number of likely N-dealkylation sites (tertiary alicyclic amines) is 1. The summed E-state index contributed by atoms with van der Waals surface area (Å²) < 4.78 is 9.89. The molecule has 4 nitrogen and oxygen atoms in total. The second kappa shape index (κ2) is 4.28. The van der Waals surface area contributed by atoms with E-state index in [9.17, 15) is 4.79 Å². The molecule has 4 heteroatoms. The van der Waals surface area contributed by atoms with Crippen molar-refractivity contribution in [3.05, 3.63) is 0 Å². The molecule has 2 heterocycles. The molecule has 80 valence electrons. The van der Waals surface area contributed by atoms with E-state index in [1.807, 2.05) is 0 Å². The number of ether oxygens (including phenoxy) is 2. The SMILES string of the molecule is COC(=O)C1CCN(C2COC2)CC1. The second-order valence-corrected chi connectivity index (χ2v) is 4.02. The molecule has 0 amide bonds. The van der Waals surface area contributed by atoms with Gasteiger partial charge in [-0.25, -0.2) is 0 Å². The van der Waals surface area contributed by atoms with Gasteiger partial charge in [-0.1, -0.05) is 0 Å². The van der Waals surface area contributed by atoms with Crippen LogP contribution in [0.2, 0.25) is 0 Å². The molecule has 2 aliphatic heterocycles. The van der Waals surface area contributed by atoms with E-state index in [0.717, 1.165) is 39.1 Å². The zero-order valence-corrected chi connectivity index (χ0v) is 8.57. The molecule has 0 aromatic carbocycles. The van der Waals surface area contributed by atoms with Crippen LogP contribution in [0, 0.1) is 5.92 Å². The Balaban J connectivity index is 1.76. The van der Waals surface area contributed by atoms with Gasteiger partial charge in [0.2, 0.25) is 0 Å². The first-order chi connectivity index (χ1) is 6.81. The van der Waals surface area contributed by atoms with Gasteiger partial charge in [-0.3, -0.25) is 9.69 Å². The molecule has 14 heavy (non-hydrogen) atoms. The number of nitrogens with zero attached hydrogens (tertiary/aromatic N) is 1. The molecule has 2 saturated heterocycles. The number of esters is 1. The maximum absolute atomic E-state index is 11.3. The minimum absolute atomic E-state index is 0.0468. The standard InChI is InChI=1S/C10H17NO3/c1-13-10(12)8-2-4-11(5-3-8)9-6-14-7-9/h8-9H,2-7H2,1H3. The van der Waals surface area contributed by atoms with Crippen LogP contribution in [-0.2, 0) is 14.3 Å². The van der Waals surface area contributed by atoms with Gasteiger partial charge in [0.05, 0.1) is 32.3 Å².